The number of carboxylic acids is 1. The summed E-state index contributed by atoms with van der Waals surface area (Å²) in [4.78, 5) is 34.0. The number of hydrogen-bond acceptors (Lipinski definition) is 4. The molecule has 0 spiro atoms. The quantitative estimate of drug-likeness (QED) is 0.463. The minimum absolute atomic E-state index is 0.106. The zero-order valence-corrected chi connectivity index (χ0v) is 10.9. The summed E-state index contributed by atoms with van der Waals surface area (Å²) in [5, 5.41) is 13.7. The SMILES string of the molecule is CC(=O)NCCNC(=O)CN(C)CCCC(=O)O. The van der Waals surface area contributed by atoms with Gasteiger partial charge in [-0.05, 0) is 20.0 Å². The summed E-state index contributed by atoms with van der Waals surface area (Å²) >= 11 is 0. The van der Waals surface area contributed by atoms with Crippen LogP contribution in [-0.4, -0.2) is 61.0 Å². The first-order chi connectivity index (χ1) is 8.41. The van der Waals surface area contributed by atoms with Crippen molar-refractivity contribution in [1.82, 2.24) is 15.5 Å². The van der Waals surface area contributed by atoms with Gasteiger partial charge in [0.15, 0.2) is 0 Å². The lowest BCUT2D eigenvalue weighted by atomic mass is 10.3. The van der Waals surface area contributed by atoms with E-state index < -0.39 is 5.97 Å². The van der Waals surface area contributed by atoms with Gasteiger partial charge >= 0.3 is 5.97 Å². The molecule has 0 unspecified atom stereocenters. The maximum atomic E-state index is 11.4. The van der Waals surface area contributed by atoms with Gasteiger partial charge in [0.2, 0.25) is 11.8 Å². The molecule has 0 aliphatic heterocycles. The van der Waals surface area contributed by atoms with Gasteiger partial charge in [-0.2, -0.15) is 0 Å². The Balaban J connectivity index is 3.54. The summed E-state index contributed by atoms with van der Waals surface area (Å²) in [5.74, 6) is -1.10. The first-order valence-corrected chi connectivity index (χ1v) is 5.83. The van der Waals surface area contributed by atoms with Crippen LogP contribution in [0.1, 0.15) is 19.8 Å². The minimum atomic E-state index is -0.830. The normalized spacial score (nSPS) is 10.2. The Hall–Kier alpha value is -1.63. The van der Waals surface area contributed by atoms with Crippen LogP contribution in [0.2, 0.25) is 0 Å². The minimum Gasteiger partial charge on any atom is -0.481 e. The molecule has 0 fully saturated rings. The summed E-state index contributed by atoms with van der Waals surface area (Å²) in [6, 6.07) is 0. The molecule has 104 valence electrons. The number of aliphatic carboxylic acids is 1. The van der Waals surface area contributed by atoms with Gasteiger partial charge in [0.1, 0.15) is 0 Å². The van der Waals surface area contributed by atoms with Crippen molar-refractivity contribution in [2.24, 2.45) is 0 Å². The number of hydrogen-bond donors (Lipinski definition) is 3. The van der Waals surface area contributed by atoms with Crippen LogP contribution in [-0.2, 0) is 14.4 Å². The number of nitrogens with one attached hydrogen (secondary N) is 2. The van der Waals surface area contributed by atoms with Crippen molar-refractivity contribution in [3.8, 4) is 0 Å². The van der Waals surface area contributed by atoms with Crippen LogP contribution in [0.4, 0.5) is 0 Å². The number of carbonyl (C=O) groups is 3. The molecule has 0 atom stereocenters. The number of amides is 2. The van der Waals surface area contributed by atoms with E-state index in [-0.39, 0.29) is 24.8 Å². The molecular weight excluding hydrogens is 238 g/mol. The molecule has 0 aliphatic rings. The smallest absolute Gasteiger partial charge is 0.303 e. The van der Waals surface area contributed by atoms with Crippen molar-refractivity contribution in [3.05, 3.63) is 0 Å². The van der Waals surface area contributed by atoms with E-state index >= 15 is 0 Å². The molecule has 0 rings (SSSR count). The molecule has 0 aromatic heterocycles. The Labute approximate surface area is 107 Å². The highest BCUT2D eigenvalue weighted by Crippen LogP contribution is 1.92. The molecule has 0 aromatic rings. The number of nitrogens with zero attached hydrogens (tertiary/aromatic N) is 1. The monoisotopic (exact) mass is 259 g/mol. The summed E-state index contributed by atoms with van der Waals surface area (Å²) in [5.41, 5.74) is 0. The fraction of sp³-hybridized carbons (Fsp3) is 0.727. The Morgan fingerprint density at radius 2 is 1.78 bits per heavy atom. The highest BCUT2D eigenvalue weighted by atomic mass is 16.4. The van der Waals surface area contributed by atoms with E-state index in [1.807, 2.05) is 0 Å². The molecule has 0 saturated carbocycles. The Kier molecular flexibility index (Phi) is 8.55. The molecule has 0 radical (unpaired) electrons. The van der Waals surface area contributed by atoms with Gasteiger partial charge in [-0.3, -0.25) is 19.3 Å². The zero-order chi connectivity index (χ0) is 14.0. The highest BCUT2D eigenvalue weighted by Gasteiger charge is 2.06. The van der Waals surface area contributed by atoms with Gasteiger partial charge in [0.25, 0.3) is 0 Å². The predicted molar refractivity (Wildman–Crippen MR) is 66.1 cm³/mol. The Morgan fingerprint density at radius 3 is 2.33 bits per heavy atom. The van der Waals surface area contributed by atoms with Crippen LogP contribution in [0, 0.1) is 0 Å². The fourth-order valence-electron chi connectivity index (χ4n) is 1.32. The summed E-state index contributed by atoms with van der Waals surface area (Å²) in [7, 11) is 1.76. The second-order valence-electron chi connectivity index (χ2n) is 4.07. The standard InChI is InChI=1S/C11H21N3O4/c1-9(15)12-5-6-13-10(16)8-14(2)7-3-4-11(17)18/h3-8H2,1-2H3,(H,12,15)(H,13,16)(H,17,18). The van der Waals surface area contributed by atoms with Crippen molar-refractivity contribution in [2.75, 3.05) is 33.2 Å². The predicted octanol–water partition coefficient (Wildman–Crippen LogP) is -0.965. The van der Waals surface area contributed by atoms with E-state index in [0.29, 0.717) is 26.1 Å². The lowest BCUT2D eigenvalue weighted by molar-refractivity contribution is -0.137. The Bertz CT molecular complexity index is 294. The largest absolute Gasteiger partial charge is 0.481 e. The molecule has 0 saturated heterocycles. The third kappa shape index (κ3) is 10.9. The fourth-order valence-corrected chi connectivity index (χ4v) is 1.32. The topological polar surface area (TPSA) is 98.7 Å². The molecule has 7 nitrogen and oxygen atoms in total. The van der Waals surface area contributed by atoms with Crippen molar-refractivity contribution in [3.63, 3.8) is 0 Å². The van der Waals surface area contributed by atoms with Crippen molar-refractivity contribution in [1.29, 1.82) is 0 Å². The van der Waals surface area contributed by atoms with E-state index in [0.717, 1.165) is 0 Å². The maximum absolute atomic E-state index is 11.4. The van der Waals surface area contributed by atoms with E-state index in [2.05, 4.69) is 10.6 Å². The number of carbonyl (C=O) groups excluding carboxylic acids is 2. The van der Waals surface area contributed by atoms with Crippen molar-refractivity contribution < 1.29 is 19.5 Å². The molecule has 3 N–H and O–H groups in total. The van der Waals surface area contributed by atoms with Gasteiger partial charge in [0, 0.05) is 26.4 Å². The lowest BCUT2D eigenvalue weighted by Crippen LogP contribution is -2.39. The first-order valence-electron chi connectivity index (χ1n) is 5.83. The van der Waals surface area contributed by atoms with Crippen molar-refractivity contribution in [2.45, 2.75) is 19.8 Å². The van der Waals surface area contributed by atoms with Gasteiger partial charge in [-0.25, -0.2) is 0 Å². The Morgan fingerprint density at radius 1 is 1.17 bits per heavy atom. The van der Waals surface area contributed by atoms with Crippen molar-refractivity contribution >= 4 is 17.8 Å². The molecular formula is C11H21N3O4. The average molecular weight is 259 g/mol. The van der Waals surface area contributed by atoms with E-state index in [4.69, 9.17) is 5.11 Å². The van der Waals surface area contributed by atoms with E-state index in [1.54, 1.807) is 11.9 Å². The summed E-state index contributed by atoms with van der Waals surface area (Å²) in [6.07, 6.45) is 0.625. The molecule has 0 aromatic carbocycles. The van der Waals surface area contributed by atoms with Crippen LogP contribution >= 0.6 is 0 Å². The maximum Gasteiger partial charge on any atom is 0.303 e. The molecule has 0 heterocycles. The van der Waals surface area contributed by atoms with Crippen LogP contribution in [0.5, 0.6) is 0 Å². The number of rotatable bonds is 9. The van der Waals surface area contributed by atoms with E-state index in [1.165, 1.54) is 6.92 Å². The van der Waals surface area contributed by atoms with Crippen LogP contribution in [0.3, 0.4) is 0 Å². The van der Waals surface area contributed by atoms with Gasteiger partial charge < -0.3 is 15.7 Å². The second-order valence-corrected chi connectivity index (χ2v) is 4.07. The number of carboxylic acid groups (broad SMARTS) is 1. The average Bonchev–Trinajstić information content (AvgIpc) is 2.23. The third-order valence-electron chi connectivity index (χ3n) is 2.17. The van der Waals surface area contributed by atoms with Gasteiger partial charge in [-0.15, -0.1) is 0 Å². The van der Waals surface area contributed by atoms with Gasteiger partial charge in [-0.1, -0.05) is 0 Å². The zero-order valence-electron chi connectivity index (χ0n) is 10.9. The van der Waals surface area contributed by atoms with Crippen LogP contribution < -0.4 is 10.6 Å². The summed E-state index contributed by atoms with van der Waals surface area (Å²) < 4.78 is 0. The third-order valence-corrected chi connectivity index (χ3v) is 2.17. The lowest BCUT2D eigenvalue weighted by Gasteiger charge is -2.15. The number of likely N-dealkylation sites (N-methyl/N-ethyl adjacent to an activating group) is 1. The van der Waals surface area contributed by atoms with Gasteiger partial charge in [0.05, 0.1) is 6.54 Å². The molecule has 18 heavy (non-hydrogen) atoms. The molecule has 7 heteroatoms. The molecule has 0 bridgehead atoms. The second kappa shape index (κ2) is 9.41. The molecule has 2 amide bonds. The van der Waals surface area contributed by atoms with Crippen LogP contribution in [0.15, 0.2) is 0 Å². The molecule has 0 aliphatic carbocycles. The van der Waals surface area contributed by atoms with E-state index in [9.17, 15) is 14.4 Å². The first kappa shape index (κ1) is 16.4. The highest BCUT2D eigenvalue weighted by molar-refractivity contribution is 5.78. The summed E-state index contributed by atoms with van der Waals surface area (Å²) in [6.45, 7) is 2.99. The van der Waals surface area contributed by atoms with Crippen LogP contribution in [0.25, 0.3) is 0 Å².